The van der Waals surface area contributed by atoms with E-state index in [1.807, 2.05) is 12.2 Å². The quantitative estimate of drug-likeness (QED) is 0.673. The van der Waals surface area contributed by atoms with Crippen LogP contribution in [-0.2, 0) is 9.59 Å². The third-order valence-corrected chi connectivity index (χ3v) is 4.17. The minimum absolute atomic E-state index is 0.0938. The van der Waals surface area contributed by atoms with Gasteiger partial charge in [-0.25, -0.2) is 9.69 Å². The van der Waals surface area contributed by atoms with Gasteiger partial charge in [0.1, 0.15) is 0 Å². The second-order valence-electron chi connectivity index (χ2n) is 5.13. The van der Waals surface area contributed by atoms with Gasteiger partial charge < -0.3 is 5.11 Å². The van der Waals surface area contributed by atoms with Gasteiger partial charge in [-0.2, -0.15) is 0 Å². The van der Waals surface area contributed by atoms with Crippen molar-refractivity contribution in [2.45, 2.75) is 12.8 Å². The molecule has 0 saturated carbocycles. The normalized spacial score (nSPS) is 24.3. The van der Waals surface area contributed by atoms with Gasteiger partial charge >= 0.3 is 5.97 Å². The smallest absolute Gasteiger partial charge is 0.337 e. The minimum Gasteiger partial charge on any atom is -0.478 e. The van der Waals surface area contributed by atoms with Crippen LogP contribution in [0.3, 0.4) is 0 Å². The van der Waals surface area contributed by atoms with Gasteiger partial charge in [0.25, 0.3) is 0 Å². The molecule has 1 fully saturated rings. The van der Waals surface area contributed by atoms with Crippen LogP contribution in [0, 0.1) is 11.8 Å². The fraction of sp³-hybridized carbons (Fsp3) is 0.267. The molecule has 0 radical (unpaired) electrons. The molecule has 1 N–H and O–H groups in total. The minimum atomic E-state index is -1.22. The van der Waals surface area contributed by atoms with Crippen molar-refractivity contribution >= 4 is 35.1 Å². The molecule has 1 saturated heterocycles. The van der Waals surface area contributed by atoms with Gasteiger partial charge in [0.15, 0.2) is 0 Å². The zero-order chi connectivity index (χ0) is 15.1. The van der Waals surface area contributed by atoms with Crippen LogP contribution in [0.2, 0.25) is 5.02 Å². The molecule has 0 aromatic heterocycles. The molecular formula is C15H12ClNO4. The molecule has 2 atom stereocenters. The van der Waals surface area contributed by atoms with E-state index in [0.717, 1.165) is 4.90 Å². The molecule has 0 spiro atoms. The molecule has 2 aliphatic rings. The summed E-state index contributed by atoms with van der Waals surface area (Å²) in [6.07, 6.45) is 4.80. The first-order chi connectivity index (χ1) is 10.0. The van der Waals surface area contributed by atoms with E-state index in [4.69, 9.17) is 11.6 Å². The van der Waals surface area contributed by atoms with Crippen molar-refractivity contribution in [3.05, 3.63) is 40.9 Å². The van der Waals surface area contributed by atoms with E-state index in [0.29, 0.717) is 12.8 Å². The topological polar surface area (TPSA) is 74.7 Å². The Morgan fingerprint density at radius 2 is 1.71 bits per heavy atom. The maximum absolute atomic E-state index is 12.5. The highest BCUT2D eigenvalue weighted by molar-refractivity contribution is 6.31. The van der Waals surface area contributed by atoms with E-state index in [2.05, 4.69) is 0 Å². The summed E-state index contributed by atoms with van der Waals surface area (Å²) in [4.78, 5) is 37.3. The van der Waals surface area contributed by atoms with E-state index >= 15 is 0 Å². The van der Waals surface area contributed by atoms with Gasteiger partial charge in [-0.1, -0.05) is 23.8 Å². The molecule has 21 heavy (non-hydrogen) atoms. The lowest BCUT2D eigenvalue weighted by Gasteiger charge is -2.17. The number of allylic oxidation sites excluding steroid dienone is 2. The Labute approximate surface area is 125 Å². The van der Waals surface area contributed by atoms with E-state index < -0.39 is 5.97 Å². The Balaban J connectivity index is 2.07. The van der Waals surface area contributed by atoms with Crippen LogP contribution in [0.5, 0.6) is 0 Å². The first kappa shape index (κ1) is 13.8. The van der Waals surface area contributed by atoms with Crippen molar-refractivity contribution in [3.8, 4) is 0 Å². The molecule has 1 heterocycles. The van der Waals surface area contributed by atoms with E-state index in [1.165, 1.54) is 18.2 Å². The molecule has 2 amide bonds. The number of aromatic carboxylic acids is 1. The number of hydrogen-bond acceptors (Lipinski definition) is 3. The SMILES string of the molecule is O=C(O)c1cc(Cl)ccc1N1C(=O)[C@H]2CC=CC[C@H]2C1=O. The molecule has 1 aromatic carbocycles. The predicted molar refractivity (Wildman–Crippen MR) is 76.3 cm³/mol. The van der Waals surface area contributed by atoms with Crippen LogP contribution < -0.4 is 4.90 Å². The van der Waals surface area contributed by atoms with Gasteiger partial charge in [-0.15, -0.1) is 0 Å². The largest absolute Gasteiger partial charge is 0.478 e. The molecule has 3 rings (SSSR count). The Morgan fingerprint density at radius 1 is 1.14 bits per heavy atom. The third kappa shape index (κ3) is 2.14. The van der Waals surface area contributed by atoms with Crippen LogP contribution in [0.4, 0.5) is 5.69 Å². The lowest BCUT2D eigenvalue weighted by atomic mass is 9.85. The Kier molecular flexibility index (Phi) is 3.29. The first-order valence-electron chi connectivity index (χ1n) is 6.56. The molecule has 1 aromatic rings. The average molecular weight is 306 g/mol. The second kappa shape index (κ2) is 5.00. The highest BCUT2D eigenvalue weighted by atomic mass is 35.5. The number of carbonyl (C=O) groups is 3. The fourth-order valence-electron chi connectivity index (χ4n) is 2.91. The third-order valence-electron chi connectivity index (χ3n) is 3.94. The first-order valence-corrected chi connectivity index (χ1v) is 6.94. The number of carboxylic acids is 1. The molecule has 6 heteroatoms. The molecule has 1 aliphatic carbocycles. The molecular weight excluding hydrogens is 294 g/mol. The summed E-state index contributed by atoms with van der Waals surface area (Å²) in [7, 11) is 0. The van der Waals surface area contributed by atoms with Gasteiger partial charge in [-0.3, -0.25) is 9.59 Å². The Bertz CT molecular complexity index is 656. The number of hydrogen-bond donors (Lipinski definition) is 1. The van der Waals surface area contributed by atoms with Crippen LogP contribution in [0.15, 0.2) is 30.4 Å². The molecule has 0 bridgehead atoms. The zero-order valence-corrected chi connectivity index (χ0v) is 11.7. The Hall–Kier alpha value is -2.14. The highest BCUT2D eigenvalue weighted by Gasteiger charge is 2.48. The number of carbonyl (C=O) groups excluding carboxylic acids is 2. The summed E-state index contributed by atoms with van der Waals surface area (Å²) in [5.74, 6) is -2.67. The van der Waals surface area contributed by atoms with Crippen molar-refractivity contribution in [1.82, 2.24) is 0 Å². The number of imide groups is 1. The van der Waals surface area contributed by atoms with E-state index in [-0.39, 0.29) is 39.9 Å². The zero-order valence-electron chi connectivity index (χ0n) is 11.0. The van der Waals surface area contributed by atoms with Crippen molar-refractivity contribution in [1.29, 1.82) is 0 Å². The van der Waals surface area contributed by atoms with Crippen LogP contribution in [0.1, 0.15) is 23.2 Å². The standard InChI is InChI=1S/C15H12ClNO4/c16-8-5-6-12(11(7-8)15(20)21)17-13(18)9-3-1-2-4-10(9)14(17)19/h1-2,5-7,9-10H,3-4H2,(H,20,21)/t9-,10+. The lowest BCUT2D eigenvalue weighted by Crippen LogP contribution is -2.32. The maximum Gasteiger partial charge on any atom is 0.337 e. The number of fused-ring (bicyclic) bond motifs is 1. The number of benzene rings is 1. The molecule has 5 nitrogen and oxygen atoms in total. The maximum atomic E-state index is 12.5. The van der Waals surface area contributed by atoms with Gasteiger partial charge in [0, 0.05) is 5.02 Å². The van der Waals surface area contributed by atoms with Crippen LogP contribution in [-0.4, -0.2) is 22.9 Å². The van der Waals surface area contributed by atoms with Crippen molar-refractivity contribution < 1.29 is 19.5 Å². The van der Waals surface area contributed by atoms with Gasteiger partial charge in [0.2, 0.25) is 11.8 Å². The average Bonchev–Trinajstić information content (AvgIpc) is 2.72. The summed E-state index contributed by atoms with van der Waals surface area (Å²) in [5, 5.41) is 9.51. The fourth-order valence-corrected chi connectivity index (χ4v) is 3.08. The number of nitrogens with zero attached hydrogens (tertiary/aromatic N) is 1. The van der Waals surface area contributed by atoms with Crippen molar-refractivity contribution in [2.24, 2.45) is 11.8 Å². The summed E-state index contributed by atoms with van der Waals surface area (Å²) in [6.45, 7) is 0. The van der Waals surface area contributed by atoms with Crippen LogP contribution in [0.25, 0.3) is 0 Å². The van der Waals surface area contributed by atoms with Gasteiger partial charge in [0.05, 0.1) is 23.1 Å². The number of amides is 2. The van der Waals surface area contributed by atoms with Gasteiger partial charge in [-0.05, 0) is 31.0 Å². The lowest BCUT2D eigenvalue weighted by molar-refractivity contribution is -0.122. The molecule has 1 aliphatic heterocycles. The number of carboxylic acid groups (broad SMARTS) is 1. The van der Waals surface area contributed by atoms with Crippen molar-refractivity contribution in [2.75, 3.05) is 4.90 Å². The summed E-state index contributed by atoms with van der Waals surface area (Å²) < 4.78 is 0. The van der Waals surface area contributed by atoms with E-state index in [1.54, 1.807) is 0 Å². The summed E-state index contributed by atoms with van der Waals surface area (Å²) in [6, 6.07) is 4.14. The van der Waals surface area contributed by atoms with Crippen LogP contribution >= 0.6 is 11.6 Å². The summed E-state index contributed by atoms with van der Waals surface area (Å²) in [5.41, 5.74) is -0.0490. The highest BCUT2D eigenvalue weighted by Crippen LogP contribution is 2.39. The molecule has 108 valence electrons. The second-order valence-corrected chi connectivity index (χ2v) is 5.57. The molecule has 0 unspecified atom stereocenters. The number of rotatable bonds is 2. The van der Waals surface area contributed by atoms with Crippen molar-refractivity contribution in [3.63, 3.8) is 0 Å². The monoisotopic (exact) mass is 305 g/mol. The number of halogens is 1. The summed E-state index contributed by atoms with van der Waals surface area (Å²) >= 11 is 5.80. The number of anilines is 1. The van der Waals surface area contributed by atoms with E-state index in [9.17, 15) is 19.5 Å². The predicted octanol–water partition coefficient (Wildman–Crippen LogP) is 2.49. The Morgan fingerprint density at radius 3 is 2.24 bits per heavy atom.